The molecule has 4 heterocycles. The quantitative estimate of drug-likeness (QED) is 0.249. The Morgan fingerprint density at radius 2 is 1.78 bits per heavy atom. The predicted molar refractivity (Wildman–Crippen MR) is 170 cm³/mol. The van der Waals surface area contributed by atoms with Crippen molar-refractivity contribution in [2.75, 3.05) is 18.0 Å². The number of hydrogen-bond acceptors (Lipinski definition) is 7. The zero-order chi connectivity index (χ0) is 32.1. The van der Waals surface area contributed by atoms with Crippen LogP contribution < -0.4 is 10.2 Å². The van der Waals surface area contributed by atoms with Gasteiger partial charge in [-0.1, -0.05) is 36.4 Å². The highest BCUT2D eigenvalue weighted by atomic mass is 19.3. The number of piperidine rings is 1. The van der Waals surface area contributed by atoms with Crippen molar-refractivity contribution in [1.29, 1.82) is 5.26 Å². The molecule has 0 bridgehead atoms. The summed E-state index contributed by atoms with van der Waals surface area (Å²) in [5.74, 6) is -1.57. The van der Waals surface area contributed by atoms with Crippen LogP contribution in [0.25, 0.3) is 11.1 Å². The van der Waals surface area contributed by atoms with Crippen molar-refractivity contribution in [1.82, 2.24) is 30.0 Å². The Hall–Kier alpha value is -4.72. The van der Waals surface area contributed by atoms with Crippen molar-refractivity contribution >= 4 is 11.7 Å². The first kappa shape index (κ1) is 31.3. The fourth-order valence-electron chi connectivity index (χ4n) is 6.67. The Morgan fingerprint density at radius 3 is 2.43 bits per heavy atom. The summed E-state index contributed by atoms with van der Waals surface area (Å²) in [7, 11) is 1.87. The number of carbonyl (C=O) groups is 1. The zero-order valence-electron chi connectivity index (χ0n) is 25.9. The van der Waals surface area contributed by atoms with E-state index >= 15 is 0 Å². The van der Waals surface area contributed by atoms with E-state index < -0.39 is 5.92 Å². The molecular weight excluding hydrogens is 586 g/mol. The largest absolute Gasteiger partial charge is 0.355 e. The number of nitrogens with zero attached hydrogens (tertiary/aromatic N) is 7. The minimum atomic E-state index is -2.68. The molecule has 1 amide bonds. The van der Waals surface area contributed by atoms with Gasteiger partial charge in [0.2, 0.25) is 5.91 Å². The van der Waals surface area contributed by atoms with Crippen LogP contribution in [0.1, 0.15) is 67.1 Å². The van der Waals surface area contributed by atoms with Crippen LogP contribution in [0.15, 0.2) is 67.3 Å². The topological polar surface area (TPSA) is 113 Å². The summed E-state index contributed by atoms with van der Waals surface area (Å²) in [6, 6.07) is 16.0. The molecule has 3 aromatic heterocycles. The average Bonchev–Trinajstić information content (AvgIpc) is 3.51. The fraction of sp³-hybridized carbons (Fsp3) is 0.429. The fourth-order valence-corrected chi connectivity index (χ4v) is 6.67. The molecule has 238 valence electrons. The maximum absolute atomic E-state index is 13.8. The Labute approximate surface area is 267 Å². The number of hydrogen-bond donors (Lipinski definition) is 1. The lowest BCUT2D eigenvalue weighted by molar-refractivity contribution is -0.124. The number of nitrogens with one attached hydrogen (secondary N) is 1. The number of anilines is 1. The molecule has 9 nitrogen and oxygen atoms in total. The number of halogens is 2. The Kier molecular flexibility index (Phi) is 9.33. The van der Waals surface area contributed by atoms with Gasteiger partial charge in [-0.25, -0.2) is 18.7 Å². The van der Waals surface area contributed by atoms with Gasteiger partial charge >= 0.3 is 0 Å². The second kappa shape index (κ2) is 13.7. The Bertz CT molecular complexity index is 1670. The molecule has 2 fully saturated rings. The maximum atomic E-state index is 13.8. The van der Waals surface area contributed by atoms with E-state index in [1.807, 2.05) is 61.9 Å². The molecule has 1 N–H and O–H groups in total. The van der Waals surface area contributed by atoms with Crippen LogP contribution in [-0.2, 0) is 24.8 Å². The Morgan fingerprint density at radius 1 is 1.02 bits per heavy atom. The third-order valence-electron chi connectivity index (χ3n) is 9.30. The lowest BCUT2D eigenvalue weighted by atomic mass is 9.73. The number of aromatic nitrogens is 5. The van der Waals surface area contributed by atoms with Crippen LogP contribution in [0.5, 0.6) is 0 Å². The van der Waals surface area contributed by atoms with E-state index in [-0.39, 0.29) is 43.7 Å². The third kappa shape index (κ3) is 7.39. The second-order valence-electron chi connectivity index (χ2n) is 12.5. The first-order chi connectivity index (χ1) is 22.3. The number of nitriles is 1. The van der Waals surface area contributed by atoms with E-state index in [0.717, 1.165) is 48.1 Å². The molecule has 46 heavy (non-hydrogen) atoms. The molecule has 1 unspecified atom stereocenters. The lowest BCUT2D eigenvalue weighted by Gasteiger charge is -2.34. The molecule has 0 radical (unpaired) electrons. The van der Waals surface area contributed by atoms with Gasteiger partial charge in [0.1, 0.15) is 23.3 Å². The molecule has 4 aromatic rings. The molecule has 1 atom stereocenters. The van der Waals surface area contributed by atoms with Crippen molar-refractivity contribution in [3.8, 4) is 17.2 Å². The van der Waals surface area contributed by atoms with Crippen molar-refractivity contribution in [2.45, 2.75) is 63.3 Å². The molecule has 1 aliphatic carbocycles. The maximum Gasteiger partial charge on any atom is 0.251 e. The molecule has 6 rings (SSSR count). The first-order valence-electron chi connectivity index (χ1n) is 15.9. The van der Waals surface area contributed by atoms with Gasteiger partial charge in [-0.2, -0.15) is 10.4 Å². The van der Waals surface area contributed by atoms with Crippen LogP contribution in [-0.4, -0.2) is 49.7 Å². The highest BCUT2D eigenvalue weighted by Crippen LogP contribution is 2.39. The van der Waals surface area contributed by atoms with Crippen molar-refractivity contribution in [3.63, 3.8) is 0 Å². The molecule has 1 aromatic carbocycles. The number of rotatable bonds is 9. The van der Waals surface area contributed by atoms with Crippen LogP contribution in [0, 0.1) is 23.2 Å². The van der Waals surface area contributed by atoms with Gasteiger partial charge in [-0.15, -0.1) is 0 Å². The van der Waals surface area contributed by atoms with Crippen LogP contribution in [0.4, 0.5) is 14.6 Å². The number of benzene rings is 1. The summed E-state index contributed by atoms with van der Waals surface area (Å²) in [5, 5.41) is 17.0. The van der Waals surface area contributed by atoms with Gasteiger partial charge in [0.25, 0.3) is 5.92 Å². The predicted octanol–water partition coefficient (Wildman–Crippen LogP) is 5.83. The van der Waals surface area contributed by atoms with Gasteiger partial charge in [-0.3, -0.25) is 14.5 Å². The number of amides is 1. The van der Waals surface area contributed by atoms with Gasteiger partial charge in [0.15, 0.2) is 0 Å². The Balaban J connectivity index is 1.14. The zero-order valence-corrected chi connectivity index (χ0v) is 25.9. The van der Waals surface area contributed by atoms with Crippen molar-refractivity contribution in [2.24, 2.45) is 18.9 Å². The van der Waals surface area contributed by atoms with E-state index in [1.54, 1.807) is 15.8 Å². The number of alkyl halides is 2. The molecule has 0 spiro atoms. The van der Waals surface area contributed by atoms with E-state index in [9.17, 15) is 18.8 Å². The number of pyridine rings is 1. The number of aryl methyl sites for hydroxylation is 1. The van der Waals surface area contributed by atoms with Crippen LogP contribution in [0.2, 0.25) is 0 Å². The molecule has 1 saturated heterocycles. The minimum Gasteiger partial charge on any atom is -0.355 e. The highest BCUT2D eigenvalue weighted by molar-refractivity contribution is 5.83. The highest BCUT2D eigenvalue weighted by Gasteiger charge is 2.36. The summed E-state index contributed by atoms with van der Waals surface area (Å²) in [4.78, 5) is 29.5. The number of carbonyl (C=O) groups excluding carboxylic acids is 1. The molecule has 2 aliphatic rings. The smallest absolute Gasteiger partial charge is 0.251 e. The van der Waals surface area contributed by atoms with Crippen LogP contribution >= 0.6 is 0 Å². The van der Waals surface area contributed by atoms with Gasteiger partial charge in [-0.05, 0) is 49.1 Å². The second-order valence-corrected chi connectivity index (χ2v) is 12.5. The third-order valence-corrected chi connectivity index (χ3v) is 9.30. The summed E-state index contributed by atoms with van der Waals surface area (Å²) >= 11 is 0. The summed E-state index contributed by atoms with van der Waals surface area (Å²) in [5.41, 5.74) is 4.03. The average molecular weight is 625 g/mol. The SMILES string of the molecule is Cn1cc(-c2ccc(C(C(=O)NCc3ccccc3)[C@H]3CC[C@H](Cc4ncc(C#N)c(N5CCC(F)(F)CC5)n4)CC3)nc2)cn1. The monoisotopic (exact) mass is 624 g/mol. The van der Waals surface area contributed by atoms with E-state index in [1.165, 1.54) is 6.20 Å². The van der Waals surface area contributed by atoms with Crippen molar-refractivity contribution < 1.29 is 13.6 Å². The van der Waals surface area contributed by atoms with Gasteiger partial charge < -0.3 is 10.2 Å². The minimum absolute atomic E-state index is 0.0268. The summed E-state index contributed by atoms with van der Waals surface area (Å²) in [6.45, 7) is 0.773. The van der Waals surface area contributed by atoms with Gasteiger partial charge in [0.05, 0.1) is 24.0 Å². The molecule has 1 saturated carbocycles. The van der Waals surface area contributed by atoms with Crippen LogP contribution in [0.3, 0.4) is 0 Å². The standard InChI is InChI=1S/C35H38F2N8O/c1-44-23-29(22-42-44)27-11-12-30(39-20-27)32(34(46)41-19-25-5-3-2-4-6-25)26-9-7-24(8-10-26)17-31-40-21-28(18-38)33(43-31)45-15-13-35(36,37)14-16-45/h2-6,11-12,20-24,26,32H,7-10,13-17,19H2,1H3,(H,41,46)/t24-,26-,32?. The van der Waals surface area contributed by atoms with E-state index in [2.05, 4.69) is 21.5 Å². The van der Waals surface area contributed by atoms with Gasteiger partial charge in [0, 0.05) is 69.5 Å². The van der Waals surface area contributed by atoms with Crippen molar-refractivity contribution in [3.05, 3.63) is 89.9 Å². The van der Waals surface area contributed by atoms with E-state index in [0.29, 0.717) is 36.1 Å². The van der Waals surface area contributed by atoms with E-state index in [4.69, 9.17) is 9.97 Å². The normalized spacial score (nSPS) is 20.1. The molecule has 1 aliphatic heterocycles. The first-order valence-corrected chi connectivity index (χ1v) is 15.9. The lowest BCUT2D eigenvalue weighted by Crippen LogP contribution is -2.40. The summed E-state index contributed by atoms with van der Waals surface area (Å²) in [6.07, 6.45) is 10.7. The molecule has 11 heteroatoms. The summed E-state index contributed by atoms with van der Waals surface area (Å²) < 4.78 is 29.3. The molecular formula is C35H38F2N8O.